The largest absolute Gasteiger partial charge is 0.454 e. The number of carbonyl (C=O) groups is 2. The van der Waals surface area contributed by atoms with Crippen LogP contribution in [0.25, 0.3) is 11.2 Å². The van der Waals surface area contributed by atoms with Crippen molar-refractivity contribution in [2.75, 3.05) is 0 Å². The number of ether oxygens (including phenoxy) is 1. The molecule has 0 aliphatic rings. The van der Waals surface area contributed by atoms with E-state index in [-0.39, 0.29) is 17.8 Å². The Hall–Kier alpha value is -3.49. The maximum absolute atomic E-state index is 12.2. The van der Waals surface area contributed by atoms with Gasteiger partial charge in [-0.25, -0.2) is 14.6 Å². The van der Waals surface area contributed by atoms with Crippen LogP contribution in [0.4, 0.5) is 0 Å². The van der Waals surface area contributed by atoms with Gasteiger partial charge in [-0.1, -0.05) is 25.5 Å². The number of esters is 1. The summed E-state index contributed by atoms with van der Waals surface area (Å²) in [6.45, 7) is 2.27. The summed E-state index contributed by atoms with van der Waals surface area (Å²) in [4.78, 5) is 53.9. The van der Waals surface area contributed by atoms with Crippen LogP contribution in [0.2, 0.25) is 0 Å². The molecule has 0 aliphatic carbocycles. The Morgan fingerprint density at radius 2 is 1.96 bits per heavy atom. The number of nitrogens with one attached hydrogen (secondary N) is 1. The fraction of sp³-hybridized carbons (Fsp3) is 0.316. The fourth-order valence-corrected chi connectivity index (χ4v) is 2.86. The summed E-state index contributed by atoms with van der Waals surface area (Å²) >= 11 is 0. The first-order valence-corrected chi connectivity index (χ1v) is 8.87. The molecule has 2 aromatic heterocycles. The number of H-pyrrole nitrogens is 1. The second-order valence-corrected chi connectivity index (χ2v) is 6.34. The van der Waals surface area contributed by atoms with Crippen LogP contribution in [0.5, 0.6) is 0 Å². The average Bonchev–Trinajstić information content (AvgIpc) is 3.02. The van der Waals surface area contributed by atoms with Gasteiger partial charge in [0.2, 0.25) is 0 Å². The fourth-order valence-electron chi connectivity index (χ4n) is 2.86. The van der Waals surface area contributed by atoms with E-state index in [1.165, 1.54) is 33.4 Å². The molecule has 9 nitrogen and oxygen atoms in total. The van der Waals surface area contributed by atoms with Gasteiger partial charge in [0.15, 0.2) is 11.2 Å². The second-order valence-electron chi connectivity index (χ2n) is 6.34. The number of rotatable bonds is 7. The summed E-state index contributed by atoms with van der Waals surface area (Å²) in [5.41, 5.74) is 0.217. The average molecular weight is 384 g/mol. The smallest absolute Gasteiger partial charge is 0.338 e. The van der Waals surface area contributed by atoms with E-state index in [4.69, 9.17) is 4.74 Å². The van der Waals surface area contributed by atoms with E-state index < -0.39 is 17.2 Å². The lowest BCUT2D eigenvalue weighted by Gasteiger charge is -2.05. The number of aromatic nitrogens is 4. The molecule has 0 bridgehead atoms. The molecular weight excluding hydrogens is 364 g/mol. The molecule has 3 rings (SSSR count). The van der Waals surface area contributed by atoms with Crippen LogP contribution in [0, 0.1) is 0 Å². The van der Waals surface area contributed by atoms with Gasteiger partial charge in [0, 0.05) is 19.2 Å². The third-order valence-electron chi connectivity index (χ3n) is 4.46. The number of imidazole rings is 1. The summed E-state index contributed by atoms with van der Waals surface area (Å²) in [5, 5.41) is 0. The van der Waals surface area contributed by atoms with E-state index in [1.54, 1.807) is 7.05 Å². The molecule has 146 valence electrons. The molecule has 0 aliphatic heterocycles. The molecule has 0 saturated heterocycles. The van der Waals surface area contributed by atoms with Crippen molar-refractivity contribution in [2.24, 2.45) is 7.05 Å². The van der Waals surface area contributed by atoms with Gasteiger partial charge in [0.1, 0.15) is 18.7 Å². The molecule has 0 atom stereocenters. The van der Waals surface area contributed by atoms with Gasteiger partial charge in [0.05, 0.1) is 5.56 Å². The lowest BCUT2D eigenvalue weighted by molar-refractivity contribution is 0.0459. The van der Waals surface area contributed by atoms with Crippen molar-refractivity contribution in [3.8, 4) is 0 Å². The summed E-state index contributed by atoms with van der Waals surface area (Å²) in [6, 6.07) is 6.03. The Balaban J connectivity index is 1.88. The van der Waals surface area contributed by atoms with E-state index in [2.05, 4.69) is 9.97 Å². The van der Waals surface area contributed by atoms with Crippen LogP contribution in [0.15, 0.2) is 33.9 Å². The summed E-state index contributed by atoms with van der Waals surface area (Å²) in [7, 11) is 1.63. The van der Waals surface area contributed by atoms with Crippen molar-refractivity contribution in [3.05, 3.63) is 62.1 Å². The molecule has 0 spiro atoms. The molecule has 0 radical (unpaired) electrons. The van der Waals surface area contributed by atoms with Gasteiger partial charge < -0.3 is 9.30 Å². The van der Waals surface area contributed by atoms with E-state index >= 15 is 0 Å². The predicted octanol–water partition coefficient (Wildman–Crippen LogP) is 1.39. The minimum Gasteiger partial charge on any atom is -0.454 e. The maximum Gasteiger partial charge on any atom is 0.338 e. The number of aryl methyl sites for hydroxylation is 2. The Morgan fingerprint density at radius 3 is 2.61 bits per heavy atom. The Morgan fingerprint density at radius 1 is 1.25 bits per heavy atom. The Kier molecular flexibility index (Phi) is 5.53. The van der Waals surface area contributed by atoms with Crippen LogP contribution in [0.3, 0.4) is 0 Å². The molecule has 9 heteroatoms. The van der Waals surface area contributed by atoms with Crippen LogP contribution in [-0.4, -0.2) is 31.4 Å². The first-order valence-electron chi connectivity index (χ1n) is 8.87. The molecule has 28 heavy (non-hydrogen) atoms. The van der Waals surface area contributed by atoms with Crippen molar-refractivity contribution < 1.29 is 14.3 Å². The highest BCUT2D eigenvalue weighted by Gasteiger charge is 2.17. The minimum atomic E-state index is -0.582. The number of hydrogen-bond donors (Lipinski definition) is 1. The third kappa shape index (κ3) is 3.64. The number of aldehydes is 1. The Labute approximate surface area is 159 Å². The van der Waals surface area contributed by atoms with Gasteiger partial charge in [-0.15, -0.1) is 0 Å². The summed E-state index contributed by atoms with van der Waals surface area (Å²) in [5.74, 6) is -0.240. The molecule has 0 saturated carbocycles. The standard InChI is InChI=1S/C19H20N4O5/c1-3-4-9-23-16-15(17(25)21-19(23)27)22(2)14(20-16)11-28-18(26)13-7-5-12(10-24)6-8-13/h5-8,10H,3-4,9,11H2,1-2H3,(H,21,25,27). The molecular formula is C19H20N4O5. The number of unbranched alkanes of at least 4 members (excludes halogenated alkanes) is 1. The van der Waals surface area contributed by atoms with Crippen LogP contribution >= 0.6 is 0 Å². The number of fused-ring (bicyclic) bond motifs is 1. The zero-order valence-electron chi connectivity index (χ0n) is 15.6. The summed E-state index contributed by atoms with van der Waals surface area (Å²) < 4.78 is 8.21. The number of nitrogens with zero attached hydrogens (tertiary/aromatic N) is 3. The highest BCUT2D eigenvalue weighted by Crippen LogP contribution is 2.12. The van der Waals surface area contributed by atoms with Gasteiger partial charge in [-0.3, -0.25) is 19.1 Å². The first kappa shape index (κ1) is 19.3. The monoisotopic (exact) mass is 384 g/mol. The molecule has 1 N–H and O–H groups in total. The van der Waals surface area contributed by atoms with E-state index in [0.29, 0.717) is 29.8 Å². The number of benzene rings is 1. The lowest BCUT2D eigenvalue weighted by atomic mass is 10.1. The maximum atomic E-state index is 12.2. The molecule has 1 aromatic carbocycles. The van der Waals surface area contributed by atoms with E-state index in [9.17, 15) is 19.2 Å². The highest BCUT2D eigenvalue weighted by molar-refractivity contribution is 5.90. The van der Waals surface area contributed by atoms with Gasteiger partial charge >= 0.3 is 11.7 Å². The van der Waals surface area contributed by atoms with Crippen LogP contribution < -0.4 is 11.2 Å². The third-order valence-corrected chi connectivity index (χ3v) is 4.46. The number of aromatic amines is 1. The van der Waals surface area contributed by atoms with Crippen LogP contribution in [-0.2, 0) is 24.9 Å². The first-order chi connectivity index (χ1) is 13.5. The van der Waals surface area contributed by atoms with Crippen molar-refractivity contribution in [1.29, 1.82) is 0 Å². The van der Waals surface area contributed by atoms with Crippen LogP contribution in [0.1, 0.15) is 46.3 Å². The molecule has 3 aromatic rings. The van der Waals surface area contributed by atoms with Gasteiger partial charge in [0.25, 0.3) is 5.56 Å². The SMILES string of the molecule is CCCCn1c(=O)[nH]c(=O)c2c1nc(COC(=O)c1ccc(C=O)cc1)n2C. The quantitative estimate of drug-likeness (QED) is 0.486. The topological polar surface area (TPSA) is 116 Å². The second kappa shape index (κ2) is 8.03. The molecule has 0 fully saturated rings. The zero-order chi connectivity index (χ0) is 20.3. The lowest BCUT2D eigenvalue weighted by Crippen LogP contribution is -2.31. The molecule has 0 unspecified atom stereocenters. The normalized spacial score (nSPS) is 10.9. The van der Waals surface area contributed by atoms with E-state index in [1.807, 2.05) is 6.92 Å². The Bertz CT molecular complexity index is 1140. The number of hydrogen-bond acceptors (Lipinski definition) is 6. The van der Waals surface area contributed by atoms with Crippen molar-refractivity contribution in [2.45, 2.75) is 32.9 Å². The van der Waals surface area contributed by atoms with Crippen molar-refractivity contribution >= 4 is 23.4 Å². The van der Waals surface area contributed by atoms with Gasteiger partial charge in [-0.2, -0.15) is 0 Å². The van der Waals surface area contributed by atoms with Gasteiger partial charge in [-0.05, 0) is 18.6 Å². The highest BCUT2D eigenvalue weighted by atomic mass is 16.5. The number of carbonyl (C=O) groups excluding carboxylic acids is 2. The zero-order valence-corrected chi connectivity index (χ0v) is 15.6. The molecule has 2 heterocycles. The predicted molar refractivity (Wildman–Crippen MR) is 101 cm³/mol. The minimum absolute atomic E-state index is 0.166. The van der Waals surface area contributed by atoms with Crippen molar-refractivity contribution in [1.82, 2.24) is 19.1 Å². The summed E-state index contributed by atoms with van der Waals surface area (Å²) in [6.07, 6.45) is 2.33. The van der Waals surface area contributed by atoms with Crippen molar-refractivity contribution in [3.63, 3.8) is 0 Å². The van der Waals surface area contributed by atoms with E-state index in [0.717, 1.165) is 12.8 Å². The molecule has 0 amide bonds.